The van der Waals surface area contributed by atoms with Crippen molar-refractivity contribution in [1.82, 2.24) is 5.32 Å². The van der Waals surface area contributed by atoms with Gasteiger partial charge in [-0.3, -0.25) is 0 Å². The van der Waals surface area contributed by atoms with Gasteiger partial charge >= 0.3 is 12.3 Å². The second-order valence-electron chi connectivity index (χ2n) is 3.29. The Bertz CT molecular complexity index is 390. The molecule has 0 aliphatic heterocycles. The van der Waals surface area contributed by atoms with E-state index in [1.54, 1.807) is 0 Å². The highest BCUT2D eigenvalue weighted by Crippen LogP contribution is 2.30. The van der Waals surface area contributed by atoms with Crippen LogP contribution in [0.3, 0.4) is 0 Å². The van der Waals surface area contributed by atoms with Gasteiger partial charge in [0.15, 0.2) is 0 Å². The Balaban J connectivity index is 2.94. The summed E-state index contributed by atoms with van der Waals surface area (Å²) >= 11 is 0. The number of carbonyl (C=O) groups is 1. The first-order valence-corrected chi connectivity index (χ1v) is 4.47. The molecule has 1 amide bonds. The van der Waals surface area contributed by atoms with Gasteiger partial charge in [-0.1, -0.05) is 12.1 Å². The Morgan fingerprint density at radius 2 is 2.06 bits per heavy atom. The van der Waals surface area contributed by atoms with E-state index in [9.17, 15) is 18.0 Å². The molecule has 0 unspecified atom stereocenters. The number of hydrogen-bond acceptors (Lipinski definition) is 1. The fourth-order valence-corrected chi connectivity index (χ4v) is 1.25. The Morgan fingerprint density at radius 1 is 1.44 bits per heavy atom. The Morgan fingerprint density at radius 3 is 2.56 bits per heavy atom. The second kappa shape index (κ2) is 4.42. The molecule has 0 aliphatic carbocycles. The third-order valence-corrected chi connectivity index (χ3v) is 2.05. The van der Waals surface area contributed by atoms with Crippen molar-refractivity contribution in [3.63, 3.8) is 0 Å². The number of benzene rings is 1. The molecule has 1 aromatic carbocycles. The fraction of sp³-hybridized carbons (Fsp3) is 0.300. The van der Waals surface area contributed by atoms with Crippen LogP contribution in [0, 0.1) is 0 Å². The van der Waals surface area contributed by atoms with Crippen LogP contribution in [-0.2, 0) is 6.18 Å². The van der Waals surface area contributed by atoms with E-state index in [4.69, 9.17) is 5.11 Å². The van der Waals surface area contributed by atoms with Gasteiger partial charge in [-0.15, -0.1) is 0 Å². The first-order chi connectivity index (χ1) is 7.30. The van der Waals surface area contributed by atoms with Crippen molar-refractivity contribution in [3.8, 4) is 0 Å². The summed E-state index contributed by atoms with van der Waals surface area (Å²) in [4.78, 5) is 10.3. The molecule has 0 aliphatic rings. The van der Waals surface area contributed by atoms with E-state index in [2.05, 4.69) is 5.32 Å². The minimum absolute atomic E-state index is 0.275. The summed E-state index contributed by atoms with van der Waals surface area (Å²) in [5, 5.41) is 10.5. The van der Waals surface area contributed by atoms with Crippen LogP contribution in [0.1, 0.15) is 24.1 Å². The average molecular weight is 233 g/mol. The minimum atomic E-state index is -4.42. The molecule has 3 nitrogen and oxygen atoms in total. The van der Waals surface area contributed by atoms with E-state index in [-0.39, 0.29) is 5.56 Å². The number of amides is 1. The van der Waals surface area contributed by atoms with E-state index in [0.29, 0.717) is 0 Å². The second-order valence-corrected chi connectivity index (χ2v) is 3.29. The number of carboxylic acid groups (broad SMARTS) is 1. The van der Waals surface area contributed by atoms with E-state index in [1.807, 2.05) is 0 Å². The lowest BCUT2D eigenvalue weighted by molar-refractivity contribution is -0.137. The molecule has 0 heterocycles. The monoisotopic (exact) mass is 233 g/mol. The average Bonchev–Trinajstić information content (AvgIpc) is 2.15. The van der Waals surface area contributed by atoms with Crippen molar-refractivity contribution < 1.29 is 23.1 Å². The zero-order valence-corrected chi connectivity index (χ0v) is 8.38. The van der Waals surface area contributed by atoms with Crippen LogP contribution < -0.4 is 5.32 Å². The molecule has 1 aromatic rings. The number of halogens is 3. The fourth-order valence-electron chi connectivity index (χ4n) is 1.25. The lowest BCUT2D eigenvalue weighted by Gasteiger charge is -2.14. The summed E-state index contributed by atoms with van der Waals surface area (Å²) in [6.07, 6.45) is -5.69. The van der Waals surface area contributed by atoms with Crippen LogP contribution in [0.15, 0.2) is 24.3 Å². The molecule has 0 saturated carbocycles. The smallest absolute Gasteiger partial charge is 0.416 e. The summed E-state index contributed by atoms with van der Waals surface area (Å²) in [5.41, 5.74) is -0.513. The van der Waals surface area contributed by atoms with Gasteiger partial charge in [-0.2, -0.15) is 13.2 Å². The molecule has 0 spiro atoms. The van der Waals surface area contributed by atoms with E-state index < -0.39 is 23.9 Å². The number of rotatable bonds is 2. The van der Waals surface area contributed by atoms with Crippen LogP contribution in [0.2, 0.25) is 0 Å². The maximum Gasteiger partial charge on any atom is 0.416 e. The summed E-state index contributed by atoms with van der Waals surface area (Å²) in [6, 6.07) is 3.88. The molecule has 2 N–H and O–H groups in total. The standard InChI is InChI=1S/C10H10F3NO2/c1-6(14-9(15)16)7-3-2-4-8(5-7)10(11,12)13/h2-6,14H,1H3,(H,15,16)/t6-/m1/s1. The Labute approximate surface area is 89.9 Å². The van der Waals surface area contributed by atoms with Gasteiger partial charge < -0.3 is 10.4 Å². The van der Waals surface area contributed by atoms with Gasteiger partial charge in [0.25, 0.3) is 0 Å². The van der Waals surface area contributed by atoms with Crippen LogP contribution in [-0.4, -0.2) is 11.2 Å². The number of nitrogens with one attached hydrogen (secondary N) is 1. The van der Waals surface area contributed by atoms with Crippen LogP contribution in [0.25, 0.3) is 0 Å². The molecular weight excluding hydrogens is 223 g/mol. The topological polar surface area (TPSA) is 49.3 Å². The first-order valence-electron chi connectivity index (χ1n) is 4.47. The van der Waals surface area contributed by atoms with Gasteiger partial charge in [0.05, 0.1) is 11.6 Å². The number of alkyl halides is 3. The minimum Gasteiger partial charge on any atom is -0.465 e. The third-order valence-electron chi connectivity index (χ3n) is 2.05. The van der Waals surface area contributed by atoms with Crippen molar-refractivity contribution in [2.45, 2.75) is 19.1 Å². The predicted octanol–water partition coefficient (Wildman–Crippen LogP) is 3.03. The molecule has 1 rings (SSSR count). The zero-order chi connectivity index (χ0) is 12.3. The van der Waals surface area contributed by atoms with Crippen molar-refractivity contribution in [3.05, 3.63) is 35.4 Å². The van der Waals surface area contributed by atoms with Crippen molar-refractivity contribution in [1.29, 1.82) is 0 Å². The van der Waals surface area contributed by atoms with Gasteiger partial charge in [0, 0.05) is 0 Å². The molecule has 0 bridgehead atoms. The molecule has 0 radical (unpaired) electrons. The van der Waals surface area contributed by atoms with Gasteiger partial charge in [-0.25, -0.2) is 4.79 Å². The van der Waals surface area contributed by atoms with Crippen molar-refractivity contribution in [2.75, 3.05) is 0 Å². The number of hydrogen-bond donors (Lipinski definition) is 2. The molecular formula is C10H10F3NO2. The van der Waals surface area contributed by atoms with Gasteiger partial charge in [-0.05, 0) is 24.6 Å². The SMILES string of the molecule is C[C@@H](NC(=O)O)c1cccc(C(F)(F)F)c1. The molecule has 6 heteroatoms. The molecule has 16 heavy (non-hydrogen) atoms. The summed E-state index contributed by atoms with van der Waals surface area (Å²) in [7, 11) is 0. The largest absolute Gasteiger partial charge is 0.465 e. The van der Waals surface area contributed by atoms with Crippen molar-refractivity contribution in [2.24, 2.45) is 0 Å². The summed E-state index contributed by atoms with van der Waals surface area (Å²) in [6.45, 7) is 1.48. The Hall–Kier alpha value is -1.72. The quantitative estimate of drug-likeness (QED) is 0.824. The Kier molecular flexibility index (Phi) is 3.41. The highest BCUT2D eigenvalue weighted by atomic mass is 19.4. The first kappa shape index (κ1) is 12.4. The van der Waals surface area contributed by atoms with Crippen LogP contribution in [0.5, 0.6) is 0 Å². The van der Waals surface area contributed by atoms with E-state index >= 15 is 0 Å². The molecule has 1 atom stereocenters. The zero-order valence-electron chi connectivity index (χ0n) is 8.38. The van der Waals surface area contributed by atoms with E-state index in [1.165, 1.54) is 19.1 Å². The summed E-state index contributed by atoms with van der Waals surface area (Å²) in [5.74, 6) is 0. The van der Waals surface area contributed by atoms with E-state index in [0.717, 1.165) is 12.1 Å². The maximum absolute atomic E-state index is 12.4. The predicted molar refractivity (Wildman–Crippen MR) is 51.0 cm³/mol. The molecule has 0 saturated heterocycles. The van der Waals surface area contributed by atoms with Crippen LogP contribution in [0.4, 0.5) is 18.0 Å². The van der Waals surface area contributed by atoms with Crippen molar-refractivity contribution >= 4 is 6.09 Å². The highest BCUT2D eigenvalue weighted by molar-refractivity contribution is 5.65. The lowest BCUT2D eigenvalue weighted by atomic mass is 10.1. The maximum atomic E-state index is 12.4. The van der Waals surface area contributed by atoms with Crippen LogP contribution >= 0.6 is 0 Å². The molecule has 0 aromatic heterocycles. The highest BCUT2D eigenvalue weighted by Gasteiger charge is 2.30. The lowest BCUT2D eigenvalue weighted by Crippen LogP contribution is -2.24. The molecule has 0 fully saturated rings. The van der Waals surface area contributed by atoms with Gasteiger partial charge in [0.1, 0.15) is 0 Å². The summed E-state index contributed by atoms with van der Waals surface area (Å²) < 4.78 is 37.1. The molecule has 88 valence electrons. The van der Waals surface area contributed by atoms with Gasteiger partial charge in [0.2, 0.25) is 0 Å². The normalized spacial score (nSPS) is 13.2. The third kappa shape index (κ3) is 3.15.